The number of hydrogen-bond acceptors (Lipinski definition) is 0. The Morgan fingerprint density at radius 2 is 1.90 bits per heavy atom. The molecule has 0 nitrogen and oxygen atoms in total. The summed E-state index contributed by atoms with van der Waals surface area (Å²) >= 11 is 0. The second-order valence-corrected chi connectivity index (χ2v) is 4.74. The minimum atomic E-state index is 0.578. The van der Waals surface area contributed by atoms with Gasteiger partial charge in [-0.25, -0.2) is 0 Å². The molecule has 0 aromatic rings. The van der Waals surface area contributed by atoms with Crippen LogP contribution in [0.15, 0.2) is 0 Å². The van der Waals surface area contributed by atoms with E-state index in [2.05, 4.69) is 20.8 Å². The second-order valence-electron chi connectivity index (χ2n) is 4.74. The predicted molar refractivity (Wildman–Crippen MR) is 43.5 cm³/mol. The van der Waals surface area contributed by atoms with Gasteiger partial charge in [0.05, 0.1) is 0 Å². The van der Waals surface area contributed by atoms with Crippen molar-refractivity contribution < 1.29 is 0 Å². The summed E-state index contributed by atoms with van der Waals surface area (Å²) in [7, 11) is 0. The van der Waals surface area contributed by atoms with Crippen LogP contribution in [0.3, 0.4) is 0 Å². The lowest BCUT2D eigenvalue weighted by Gasteiger charge is -2.55. The molecule has 0 heteroatoms. The fourth-order valence-electron chi connectivity index (χ4n) is 2.47. The van der Waals surface area contributed by atoms with Gasteiger partial charge in [-0.05, 0) is 42.4 Å². The van der Waals surface area contributed by atoms with Gasteiger partial charge in [0.15, 0.2) is 0 Å². The topological polar surface area (TPSA) is 0 Å². The van der Waals surface area contributed by atoms with E-state index < -0.39 is 0 Å². The Kier molecular flexibility index (Phi) is 1.19. The summed E-state index contributed by atoms with van der Waals surface area (Å²) in [6, 6.07) is 0. The van der Waals surface area contributed by atoms with Gasteiger partial charge >= 0.3 is 0 Å². The lowest BCUT2D eigenvalue weighted by atomic mass is 9.50. The molecule has 10 heavy (non-hydrogen) atoms. The molecule has 3 aliphatic rings. The van der Waals surface area contributed by atoms with E-state index in [0.717, 1.165) is 11.8 Å². The Morgan fingerprint density at radius 1 is 1.30 bits per heavy atom. The molecular formula is C10H17. The molecule has 1 radical (unpaired) electrons. The maximum absolute atomic E-state index is 2.42. The van der Waals surface area contributed by atoms with Gasteiger partial charge in [-0.3, -0.25) is 0 Å². The first-order valence-electron chi connectivity index (χ1n) is 4.46. The van der Waals surface area contributed by atoms with Gasteiger partial charge in [-0.1, -0.05) is 20.8 Å². The molecule has 0 aliphatic heterocycles. The summed E-state index contributed by atoms with van der Waals surface area (Å²) in [5.41, 5.74) is 0.578. The Labute approximate surface area is 64.0 Å². The largest absolute Gasteiger partial charge is 0.0620 e. The summed E-state index contributed by atoms with van der Waals surface area (Å²) in [4.78, 5) is 0. The van der Waals surface area contributed by atoms with Crippen molar-refractivity contribution in [3.8, 4) is 0 Å². The van der Waals surface area contributed by atoms with Crippen molar-refractivity contribution in [2.24, 2.45) is 17.3 Å². The summed E-state index contributed by atoms with van der Waals surface area (Å²) in [6.07, 6.45) is 4.39. The van der Waals surface area contributed by atoms with Crippen molar-refractivity contribution in [1.82, 2.24) is 0 Å². The van der Waals surface area contributed by atoms with Crippen LogP contribution in [0.1, 0.15) is 40.0 Å². The lowest BCUT2D eigenvalue weighted by Crippen LogP contribution is -2.45. The predicted octanol–water partition coefficient (Wildman–Crippen LogP) is 3.04. The van der Waals surface area contributed by atoms with E-state index >= 15 is 0 Å². The Bertz CT molecular complexity index is 136. The lowest BCUT2D eigenvalue weighted by molar-refractivity contribution is 0.0604. The molecule has 0 aromatic carbocycles. The number of fused-ring (bicyclic) bond motifs is 2. The maximum atomic E-state index is 2.42. The third-order valence-electron chi connectivity index (χ3n) is 3.90. The van der Waals surface area contributed by atoms with Gasteiger partial charge in [0, 0.05) is 0 Å². The molecule has 1 atom stereocenters. The highest BCUT2D eigenvalue weighted by atomic mass is 14.5. The molecule has 2 bridgehead atoms. The molecule has 3 saturated carbocycles. The average molecular weight is 137 g/mol. The summed E-state index contributed by atoms with van der Waals surface area (Å²) in [6.45, 7) is 7.25. The van der Waals surface area contributed by atoms with Gasteiger partial charge in [-0.2, -0.15) is 0 Å². The van der Waals surface area contributed by atoms with Crippen LogP contribution in [0, 0.1) is 23.2 Å². The average Bonchev–Trinajstić information content (AvgIpc) is 1.72. The molecule has 3 aliphatic carbocycles. The highest BCUT2D eigenvalue weighted by Gasteiger charge is 2.48. The SMILES string of the molecule is CC1CC2C[C](C2)C1(C)C. The number of rotatable bonds is 0. The molecule has 57 valence electrons. The Morgan fingerprint density at radius 3 is 2.20 bits per heavy atom. The summed E-state index contributed by atoms with van der Waals surface area (Å²) < 4.78 is 0. The minimum absolute atomic E-state index is 0.578. The summed E-state index contributed by atoms with van der Waals surface area (Å²) in [5.74, 6) is 3.87. The fourth-order valence-corrected chi connectivity index (χ4v) is 2.47. The zero-order chi connectivity index (χ0) is 7.35. The molecule has 0 N–H and O–H groups in total. The van der Waals surface area contributed by atoms with E-state index in [-0.39, 0.29) is 0 Å². The summed E-state index contributed by atoms with van der Waals surface area (Å²) in [5, 5.41) is 0. The van der Waals surface area contributed by atoms with Crippen LogP contribution in [0.2, 0.25) is 0 Å². The van der Waals surface area contributed by atoms with Crippen molar-refractivity contribution >= 4 is 0 Å². The van der Waals surface area contributed by atoms with E-state index in [1.165, 1.54) is 19.3 Å². The van der Waals surface area contributed by atoms with E-state index in [4.69, 9.17) is 0 Å². The minimum Gasteiger partial charge on any atom is -0.0620 e. The van der Waals surface area contributed by atoms with Crippen LogP contribution < -0.4 is 0 Å². The Balaban J connectivity index is 2.16. The van der Waals surface area contributed by atoms with E-state index in [9.17, 15) is 0 Å². The van der Waals surface area contributed by atoms with Crippen LogP contribution in [-0.4, -0.2) is 0 Å². The molecule has 0 spiro atoms. The van der Waals surface area contributed by atoms with Gasteiger partial charge in [-0.15, -0.1) is 0 Å². The first-order chi connectivity index (χ1) is 4.60. The molecule has 3 rings (SSSR count). The van der Waals surface area contributed by atoms with Gasteiger partial charge in [0.25, 0.3) is 0 Å². The molecule has 0 heterocycles. The Hall–Kier alpha value is 0. The highest BCUT2D eigenvalue weighted by Crippen LogP contribution is 2.59. The standard InChI is InChI=1S/C10H17/c1-7-4-8-5-9(6-8)10(7,2)3/h7-8H,4-6H2,1-3H3. The van der Waals surface area contributed by atoms with E-state index in [1.54, 1.807) is 0 Å². The smallest absolute Gasteiger partial charge is 0.0177 e. The van der Waals surface area contributed by atoms with E-state index in [0.29, 0.717) is 5.41 Å². The van der Waals surface area contributed by atoms with Gasteiger partial charge in [0.1, 0.15) is 0 Å². The maximum Gasteiger partial charge on any atom is -0.0177 e. The van der Waals surface area contributed by atoms with Crippen LogP contribution in [-0.2, 0) is 0 Å². The molecule has 0 saturated heterocycles. The molecule has 1 unspecified atom stereocenters. The molecule has 3 fully saturated rings. The molecule has 0 amide bonds. The zero-order valence-corrected chi connectivity index (χ0v) is 7.28. The fraction of sp³-hybridized carbons (Fsp3) is 0.900. The van der Waals surface area contributed by atoms with E-state index in [1.807, 2.05) is 5.92 Å². The van der Waals surface area contributed by atoms with Crippen molar-refractivity contribution in [3.05, 3.63) is 5.92 Å². The molecular weight excluding hydrogens is 120 g/mol. The van der Waals surface area contributed by atoms with Gasteiger partial charge in [0.2, 0.25) is 0 Å². The first kappa shape index (κ1) is 6.69. The second kappa shape index (κ2) is 1.78. The zero-order valence-electron chi connectivity index (χ0n) is 7.28. The normalized spacial score (nSPS) is 39.3. The molecule has 0 aromatic heterocycles. The van der Waals surface area contributed by atoms with Crippen molar-refractivity contribution in [3.63, 3.8) is 0 Å². The highest BCUT2D eigenvalue weighted by molar-refractivity contribution is 5.18. The van der Waals surface area contributed by atoms with Crippen LogP contribution in [0.5, 0.6) is 0 Å². The van der Waals surface area contributed by atoms with Crippen LogP contribution in [0.25, 0.3) is 0 Å². The monoisotopic (exact) mass is 137 g/mol. The van der Waals surface area contributed by atoms with Crippen LogP contribution in [0.4, 0.5) is 0 Å². The third kappa shape index (κ3) is 0.681. The van der Waals surface area contributed by atoms with Crippen molar-refractivity contribution in [2.45, 2.75) is 40.0 Å². The number of hydrogen-bond donors (Lipinski definition) is 0. The third-order valence-corrected chi connectivity index (χ3v) is 3.90. The van der Waals surface area contributed by atoms with Gasteiger partial charge < -0.3 is 0 Å². The van der Waals surface area contributed by atoms with Crippen molar-refractivity contribution in [1.29, 1.82) is 0 Å². The quantitative estimate of drug-likeness (QED) is 0.481. The first-order valence-corrected chi connectivity index (χ1v) is 4.46. The van der Waals surface area contributed by atoms with Crippen molar-refractivity contribution in [2.75, 3.05) is 0 Å². The van der Waals surface area contributed by atoms with Crippen LogP contribution >= 0.6 is 0 Å².